The van der Waals surface area contributed by atoms with Crippen molar-refractivity contribution >= 4 is 11.8 Å². The molecule has 0 amide bonds. The maximum Gasteiger partial charge on any atom is 0.333 e. The standard InChI is InChI=1S/C16H13N3O2S/c1-22-12-7-5-11(6-8-12)19-14(10-15(20)18-16(19)21)13-4-2-3-9-17-13/h2-10H,1H3,(H,18,20,21). The summed E-state index contributed by atoms with van der Waals surface area (Å²) in [7, 11) is 0. The highest BCUT2D eigenvalue weighted by Gasteiger charge is 2.11. The number of hydrogen-bond donors (Lipinski definition) is 1. The highest BCUT2D eigenvalue weighted by atomic mass is 32.2. The number of pyridine rings is 1. The predicted octanol–water partition coefficient (Wildman–Crippen LogP) is 2.31. The third-order valence-corrected chi connectivity index (χ3v) is 3.94. The van der Waals surface area contributed by atoms with Crippen LogP contribution in [0.15, 0.2) is 69.2 Å². The number of aromatic amines is 1. The van der Waals surface area contributed by atoms with Gasteiger partial charge in [-0.3, -0.25) is 19.3 Å². The van der Waals surface area contributed by atoms with E-state index in [2.05, 4.69) is 9.97 Å². The summed E-state index contributed by atoms with van der Waals surface area (Å²) in [4.78, 5) is 31.6. The van der Waals surface area contributed by atoms with Gasteiger partial charge < -0.3 is 0 Å². The van der Waals surface area contributed by atoms with Crippen LogP contribution in [0.1, 0.15) is 0 Å². The van der Waals surface area contributed by atoms with Crippen molar-refractivity contribution in [3.63, 3.8) is 0 Å². The maximum atomic E-state index is 12.3. The summed E-state index contributed by atoms with van der Waals surface area (Å²) in [6, 6.07) is 14.3. The zero-order valence-corrected chi connectivity index (χ0v) is 12.6. The average molecular weight is 311 g/mol. The number of benzene rings is 1. The summed E-state index contributed by atoms with van der Waals surface area (Å²) in [6.45, 7) is 0. The van der Waals surface area contributed by atoms with Crippen LogP contribution in [-0.4, -0.2) is 20.8 Å². The SMILES string of the molecule is CSc1ccc(-n2c(-c3ccccn3)cc(=O)[nH]c2=O)cc1. The molecule has 2 aromatic heterocycles. The van der Waals surface area contributed by atoms with Gasteiger partial charge >= 0.3 is 5.69 Å². The van der Waals surface area contributed by atoms with Crippen LogP contribution >= 0.6 is 11.8 Å². The molecule has 0 radical (unpaired) electrons. The summed E-state index contributed by atoms with van der Waals surface area (Å²) in [5.74, 6) is 0. The maximum absolute atomic E-state index is 12.3. The zero-order chi connectivity index (χ0) is 15.5. The minimum Gasteiger partial charge on any atom is -0.274 e. The summed E-state index contributed by atoms with van der Waals surface area (Å²) in [5, 5.41) is 0. The van der Waals surface area contributed by atoms with Crippen molar-refractivity contribution < 1.29 is 0 Å². The molecule has 6 heteroatoms. The first kappa shape index (κ1) is 14.3. The zero-order valence-electron chi connectivity index (χ0n) is 11.8. The molecule has 0 saturated carbocycles. The Morgan fingerprint density at radius 1 is 1.09 bits per heavy atom. The molecule has 0 spiro atoms. The average Bonchev–Trinajstić information content (AvgIpc) is 2.55. The third-order valence-electron chi connectivity index (χ3n) is 3.20. The van der Waals surface area contributed by atoms with Crippen LogP contribution in [0.2, 0.25) is 0 Å². The molecular weight excluding hydrogens is 298 g/mol. The lowest BCUT2D eigenvalue weighted by atomic mass is 10.2. The number of rotatable bonds is 3. The number of nitrogens with zero attached hydrogens (tertiary/aromatic N) is 2. The Kier molecular flexibility index (Phi) is 3.93. The van der Waals surface area contributed by atoms with E-state index in [-0.39, 0.29) is 0 Å². The fourth-order valence-electron chi connectivity index (χ4n) is 2.19. The molecule has 0 aliphatic rings. The minimum atomic E-state index is -0.481. The highest BCUT2D eigenvalue weighted by Crippen LogP contribution is 2.20. The quantitative estimate of drug-likeness (QED) is 0.754. The van der Waals surface area contributed by atoms with Crippen LogP contribution in [0.25, 0.3) is 17.1 Å². The lowest BCUT2D eigenvalue weighted by Crippen LogP contribution is -2.29. The lowest BCUT2D eigenvalue weighted by molar-refractivity contribution is 0.898. The van der Waals surface area contributed by atoms with Gasteiger partial charge in [0.1, 0.15) is 0 Å². The molecule has 1 aromatic carbocycles. The van der Waals surface area contributed by atoms with Crippen LogP contribution in [0.5, 0.6) is 0 Å². The Morgan fingerprint density at radius 2 is 1.86 bits per heavy atom. The van der Waals surface area contributed by atoms with E-state index in [0.717, 1.165) is 4.90 Å². The number of hydrogen-bond acceptors (Lipinski definition) is 4. The van der Waals surface area contributed by atoms with Gasteiger partial charge in [-0.15, -0.1) is 11.8 Å². The van der Waals surface area contributed by atoms with Gasteiger partial charge in [0.15, 0.2) is 0 Å². The summed E-state index contributed by atoms with van der Waals surface area (Å²) in [6.07, 6.45) is 3.61. The van der Waals surface area contributed by atoms with Crippen molar-refractivity contribution in [3.8, 4) is 17.1 Å². The van der Waals surface area contributed by atoms with E-state index >= 15 is 0 Å². The normalized spacial score (nSPS) is 10.6. The van der Waals surface area contributed by atoms with Gasteiger partial charge in [-0.2, -0.15) is 0 Å². The summed E-state index contributed by atoms with van der Waals surface area (Å²) < 4.78 is 1.45. The fraction of sp³-hybridized carbons (Fsp3) is 0.0625. The molecule has 0 aliphatic heterocycles. The number of H-pyrrole nitrogens is 1. The molecule has 2 heterocycles. The van der Waals surface area contributed by atoms with Gasteiger partial charge in [-0.1, -0.05) is 6.07 Å². The van der Waals surface area contributed by atoms with Crippen LogP contribution in [0.4, 0.5) is 0 Å². The highest BCUT2D eigenvalue weighted by molar-refractivity contribution is 7.98. The second-order valence-corrected chi connectivity index (χ2v) is 5.45. The first-order valence-corrected chi connectivity index (χ1v) is 7.84. The number of aromatic nitrogens is 3. The van der Waals surface area contributed by atoms with E-state index in [9.17, 15) is 9.59 Å². The molecule has 1 N–H and O–H groups in total. The van der Waals surface area contributed by atoms with E-state index in [0.29, 0.717) is 17.1 Å². The Bertz CT molecular complexity index is 899. The van der Waals surface area contributed by atoms with Crippen molar-refractivity contribution in [1.82, 2.24) is 14.5 Å². The molecule has 0 aliphatic carbocycles. The molecule has 22 heavy (non-hydrogen) atoms. The van der Waals surface area contributed by atoms with Gasteiger partial charge in [0.25, 0.3) is 5.56 Å². The third kappa shape index (κ3) is 2.73. The van der Waals surface area contributed by atoms with Gasteiger partial charge in [0.2, 0.25) is 0 Å². The molecular formula is C16H13N3O2S. The van der Waals surface area contributed by atoms with E-state index in [1.807, 2.05) is 36.6 Å². The predicted molar refractivity (Wildman–Crippen MR) is 87.7 cm³/mol. The van der Waals surface area contributed by atoms with Gasteiger partial charge in [-0.05, 0) is 42.7 Å². The molecule has 110 valence electrons. The van der Waals surface area contributed by atoms with Crippen LogP contribution < -0.4 is 11.2 Å². The first-order chi connectivity index (χ1) is 10.7. The Balaban J connectivity index is 2.26. The molecule has 0 fully saturated rings. The monoisotopic (exact) mass is 311 g/mol. The molecule has 5 nitrogen and oxygen atoms in total. The first-order valence-electron chi connectivity index (χ1n) is 6.61. The fourth-order valence-corrected chi connectivity index (χ4v) is 2.59. The van der Waals surface area contributed by atoms with Crippen molar-refractivity contribution in [3.05, 3.63) is 75.6 Å². The molecule has 0 unspecified atom stereocenters. The Hall–Kier alpha value is -2.60. The summed E-state index contributed by atoms with van der Waals surface area (Å²) >= 11 is 1.62. The van der Waals surface area contributed by atoms with Crippen molar-refractivity contribution in [2.75, 3.05) is 6.26 Å². The van der Waals surface area contributed by atoms with Crippen LogP contribution in [0, 0.1) is 0 Å². The number of nitrogens with one attached hydrogen (secondary N) is 1. The minimum absolute atomic E-state index is 0.442. The second-order valence-electron chi connectivity index (χ2n) is 4.57. The van der Waals surface area contributed by atoms with E-state index in [4.69, 9.17) is 0 Å². The van der Waals surface area contributed by atoms with Crippen molar-refractivity contribution in [2.24, 2.45) is 0 Å². The lowest BCUT2D eigenvalue weighted by Gasteiger charge is -2.11. The molecule has 0 saturated heterocycles. The van der Waals surface area contributed by atoms with Gasteiger partial charge in [0.05, 0.1) is 17.1 Å². The van der Waals surface area contributed by atoms with E-state index in [1.54, 1.807) is 30.1 Å². The van der Waals surface area contributed by atoms with Crippen LogP contribution in [0.3, 0.4) is 0 Å². The van der Waals surface area contributed by atoms with Gasteiger partial charge in [-0.25, -0.2) is 4.79 Å². The molecule has 0 atom stereocenters. The molecule has 0 bridgehead atoms. The van der Waals surface area contributed by atoms with Gasteiger partial charge in [0, 0.05) is 17.2 Å². The molecule has 3 aromatic rings. The van der Waals surface area contributed by atoms with Crippen molar-refractivity contribution in [1.29, 1.82) is 0 Å². The number of thioether (sulfide) groups is 1. The largest absolute Gasteiger partial charge is 0.333 e. The topological polar surface area (TPSA) is 67.8 Å². The second kappa shape index (κ2) is 6.03. The van der Waals surface area contributed by atoms with Crippen LogP contribution in [-0.2, 0) is 0 Å². The molecule has 3 rings (SSSR count). The van der Waals surface area contributed by atoms with E-state index < -0.39 is 11.2 Å². The van der Waals surface area contributed by atoms with E-state index in [1.165, 1.54) is 10.6 Å². The van der Waals surface area contributed by atoms with Crippen molar-refractivity contribution in [2.45, 2.75) is 4.90 Å². The smallest absolute Gasteiger partial charge is 0.274 e. The Labute approximate surface area is 130 Å². The summed E-state index contributed by atoms with van der Waals surface area (Å²) in [5.41, 5.74) is 0.790. The Morgan fingerprint density at radius 3 is 2.50 bits per heavy atom.